The van der Waals surface area contributed by atoms with E-state index in [9.17, 15) is 9.59 Å². The molecule has 2 bridgehead atoms. The van der Waals surface area contributed by atoms with Gasteiger partial charge in [0.25, 0.3) is 0 Å². The van der Waals surface area contributed by atoms with Gasteiger partial charge in [-0.15, -0.1) is 0 Å². The van der Waals surface area contributed by atoms with Gasteiger partial charge in [-0.3, -0.25) is 0 Å². The van der Waals surface area contributed by atoms with Gasteiger partial charge in [0.05, 0.1) is 30.4 Å². The second-order valence-corrected chi connectivity index (χ2v) is 7.70. The van der Waals surface area contributed by atoms with Crippen molar-refractivity contribution in [3.05, 3.63) is 93.0 Å². The molecule has 2 unspecified atom stereocenters. The Morgan fingerprint density at radius 2 is 1.73 bits per heavy atom. The molecule has 2 aliphatic rings. The average molecular weight is 425 g/mol. The van der Waals surface area contributed by atoms with Crippen LogP contribution in [0.2, 0.25) is 0 Å². The number of carbonyl (C=O) groups excluding carboxylic acids is 2. The molecule has 0 fully saturated rings. The molecule has 5 nitrogen and oxygen atoms in total. The summed E-state index contributed by atoms with van der Waals surface area (Å²) in [5.41, 5.74) is 2.20. The van der Waals surface area contributed by atoms with Crippen LogP contribution in [0.15, 0.2) is 76.3 Å². The van der Waals surface area contributed by atoms with Crippen LogP contribution in [0.3, 0.4) is 0 Å². The molecule has 30 heavy (non-hydrogen) atoms. The zero-order valence-corrected chi connectivity index (χ0v) is 17.7. The van der Waals surface area contributed by atoms with Crippen molar-refractivity contribution < 1.29 is 23.8 Å². The number of fused-ring (bicyclic) bond motifs is 2. The van der Waals surface area contributed by atoms with Gasteiger partial charge in [0, 0.05) is 0 Å². The topological polar surface area (TPSA) is 61.8 Å². The molecule has 0 radical (unpaired) electrons. The first-order valence-electron chi connectivity index (χ1n) is 9.53. The van der Waals surface area contributed by atoms with Crippen molar-refractivity contribution in [1.29, 1.82) is 0 Å². The van der Waals surface area contributed by atoms with Crippen molar-refractivity contribution in [2.75, 3.05) is 14.2 Å². The highest BCUT2D eigenvalue weighted by molar-refractivity contribution is 6.33. The Balaban J connectivity index is 1.96. The molecule has 0 N–H and O–H groups in total. The molecular weight excluding hydrogens is 404 g/mol. The molecule has 0 aliphatic carbocycles. The standard InChI is InChI=1S/C24H21ClO5/c1-14-8-7-11-16(12-14)24-19(23(27)29-3)18(22(26)28-2)20(30-24)17(21(24)25)13-15-9-5-4-6-10-15/h4-12,20H,13H2,1-3H3. The van der Waals surface area contributed by atoms with Gasteiger partial charge in [0.2, 0.25) is 0 Å². The molecule has 6 heteroatoms. The van der Waals surface area contributed by atoms with E-state index in [2.05, 4.69) is 0 Å². The Morgan fingerprint density at radius 3 is 2.37 bits per heavy atom. The van der Waals surface area contributed by atoms with Gasteiger partial charge in [-0.1, -0.05) is 71.8 Å². The quantitative estimate of drug-likeness (QED) is 0.679. The lowest BCUT2D eigenvalue weighted by Gasteiger charge is -2.29. The number of rotatable bonds is 5. The summed E-state index contributed by atoms with van der Waals surface area (Å²) in [5, 5.41) is 0.384. The van der Waals surface area contributed by atoms with Crippen LogP contribution in [0, 0.1) is 6.92 Å². The summed E-state index contributed by atoms with van der Waals surface area (Å²) in [6.07, 6.45) is -0.313. The van der Waals surface area contributed by atoms with Crippen LogP contribution in [0.5, 0.6) is 0 Å². The van der Waals surface area contributed by atoms with Gasteiger partial charge in [0.1, 0.15) is 6.10 Å². The number of aryl methyl sites for hydroxylation is 1. The highest BCUT2D eigenvalue weighted by Crippen LogP contribution is 2.59. The maximum atomic E-state index is 12.9. The van der Waals surface area contributed by atoms with Gasteiger partial charge in [-0.05, 0) is 30.0 Å². The van der Waals surface area contributed by atoms with Crippen molar-refractivity contribution >= 4 is 23.5 Å². The van der Waals surface area contributed by atoms with Crippen molar-refractivity contribution in [1.82, 2.24) is 0 Å². The molecule has 154 valence electrons. The van der Waals surface area contributed by atoms with Gasteiger partial charge in [-0.25, -0.2) is 9.59 Å². The molecule has 0 spiro atoms. The van der Waals surface area contributed by atoms with E-state index in [1.807, 2.05) is 61.5 Å². The van der Waals surface area contributed by atoms with E-state index in [0.717, 1.165) is 16.7 Å². The van der Waals surface area contributed by atoms with E-state index in [4.69, 9.17) is 25.8 Å². The number of carbonyl (C=O) groups is 2. The lowest BCUT2D eigenvalue weighted by atomic mass is 9.77. The van der Waals surface area contributed by atoms with Crippen LogP contribution in [0.4, 0.5) is 0 Å². The molecule has 2 aromatic carbocycles. The predicted molar refractivity (Wildman–Crippen MR) is 112 cm³/mol. The van der Waals surface area contributed by atoms with E-state index in [1.165, 1.54) is 14.2 Å². The minimum absolute atomic E-state index is 0.0780. The normalized spacial score (nSPS) is 22.5. The summed E-state index contributed by atoms with van der Waals surface area (Å²) < 4.78 is 16.4. The fourth-order valence-corrected chi connectivity index (χ4v) is 4.64. The summed E-state index contributed by atoms with van der Waals surface area (Å²) in [6.45, 7) is 1.94. The Labute approximate surface area is 179 Å². The number of halogens is 1. The minimum atomic E-state index is -1.40. The van der Waals surface area contributed by atoms with Crippen LogP contribution >= 0.6 is 11.6 Å². The largest absolute Gasteiger partial charge is 0.466 e. The van der Waals surface area contributed by atoms with E-state index < -0.39 is 23.6 Å². The maximum Gasteiger partial charge on any atom is 0.338 e. The van der Waals surface area contributed by atoms with E-state index >= 15 is 0 Å². The zero-order valence-electron chi connectivity index (χ0n) is 16.9. The third-order valence-electron chi connectivity index (χ3n) is 5.54. The second-order valence-electron chi connectivity index (χ2n) is 7.32. The third-order valence-corrected chi connectivity index (χ3v) is 6.05. The molecule has 0 aromatic heterocycles. The number of ether oxygens (including phenoxy) is 3. The number of esters is 2. The Kier molecular flexibility index (Phi) is 5.26. The van der Waals surface area contributed by atoms with Crippen molar-refractivity contribution in [2.45, 2.75) is 25.0 Å². The molecule has 2 atom stereocenters. The van der Waals surface area contributed by atoms with Gasteiger partial charge in [-0.2, -0.15) is 0 Å². The number of benzene rings is 2. The maximum absolute atomic E-state index is 12.9. The highest BCUT2D eigenvalue weighted by atomic mass is 35.5. The van der Waals surface area contributed by atoms with Gasteiger partial charge >= 0.3 is 11.9 Å². The number of hydrogen-bond acceptors (Lipinski definition) is 5. The van der Waals surface area contributed by atoms with Crippen molar-refractivity contribution in [2.24, 2.45) is 0 Å². The Morgan fingerprint density at radius 1 is 1.03 bits per heavy atom. The third kappa shape index (κ3) is 2.97. The van der Waals surface area contributed by atoms with Crippen LogP contribution < -0.4 is 0 Å². The first kappa shape index (κ1) is 20.4. The monoisotopic (exact) mass is 424 g/mol. The van der Waals surface area contributed by atoms with E-state index in [1.54, 1.807) is 0 Å². The Bertz CT molecular complexity index is 1090. The first-order chi connectivity index (χ1) is 14.4. The van der Waals surface area contributed by atoms with Gasteiger partial charge < -0.3 is 14.2 Å². The molecule has 4 rings (SSSR count). The van der Waals surface area contributed by atoms with Crippen LogP contribution in [-0.4, -0.2) is 32.3 Å². The minimum Gasteiger partial charge on any atom is -0.466 e. The van der Waals surface area contributed by atoms with Crippen LogP contribution in [0.25, 0.3) is 0 Å². The molecule has 2 aromatic rings. The van der Waals surface area contributed by atoms with Crippen LogP contribution in [-0.2, 0) is 35.8 Å². The van der Waals surface area contributed by atoms with Crippen molar-refractivity contribution in [3.63, 3.8) is 0 Å². The first-order valence-corrected chi connectivity index (χ1v) is 9.91. The molecule has 2 heterocycles. The Hall–Kier alpha value is -2.89. The van der Waals surface area contributed by atoms with Gasteiger partial charge in [0.15, 0.2) is 5.60 Å². The smallest absolute Gasteiger partial charge is 0.338 e. The fourth-order valence-electron chi connectivity index (χ4n) is 4.23. The lowest BCUT2D eigenvalue weighted by Crippen LogP contribution is -2.33. The van der Waals surface area contributed by atoms with E-state index in [0.29, 0.717) is 17.0 Å². The molecular formula is C24H21ClO5. The SMILES string of the molecule is COC(=O)C1=C(C(=O)OC)C2(c3cccc(C)c3)OC1C(Cc1ccccc1)=C2Cl. The number of hydrogen-bond donors (Lipinski definition) is 0. The van der Waals surface area contributed by atoms with Crippen LogP contribution in [0.1, 0.15) is 16.7 Å². The summed E-state index contributed by atoms with van der Waals surface area (Å²) in [6, 6.07) is 17.3. The zero-order chi connectivity index (χ0) is 21.5. The average Bonchev–Trinajstić information content (AvgIpc) is 3.26. The predicted octanol–water partition coefficient (Wildman–Crippen LogP) is 3.98. The van der Waals surface area contributed by atoms with Crippen molar-refractivity contribution in [3.8, 4) is 0 Å². The lowest BCUT2D eigenvalue weighted by molar-refractivity contribution is -0.139. The van der Waals surface area contributed by atoms with E-state index in [-0.39, 0.29) is 11.1 Å². The molecule has 0 saturated heterocycles. The number of methoxy groups -OCH3 is 2. The molecule has 0 saturated carbocycles. The second kappa shape index (κ2) is 7.74. The summed E-state index contributed by atoms with van der Waals surface area (Å²) >= 11 is 6.94. The molecule has 0 amide bonds. The highest BCUT2D eigenvalue weighted by Gasteiger charge is 2.62. The fraction of sp³-hybridized carbons (Fsp3) is 0.250. The molecule has 2 aliphatic heterocycles. The summed E-state index contributed by atoms with van der Waals surface area (Å²) in [7, 11) is 2.54. The summed E-state index contributed by atoms with van der Waals surface area (Å²) in [4.78, 5) is 25.6. The summed E-state index contributed by atoms with van der Waals surface area (Å²) in [5.74, 6) is -1.30.